The molecule has 0 radical (unpaired) electrons. The summed E-state index contributed by atoms with van der Waals surface area (Å²) in [6, 6.07) is 29.4. The first-order chi connectivity index (χ1) is 18.7. The SMILES string of the molecule is CC(=O)Nc1cccc(NC(=O)COc2ccc(N(Cc3ccccc3)S(=O)(=O)c3ccc(C)cc3)cc2)c1. The summed E-state index contributed by atoms with van der Waals surface area (Å²) in [5, 5.41) is 5.38. The summed E-state index contributed by atoms with van der Waals surface area (Å²) < 4.78 is 34.2. The number of nitrogens with one attached hydrogen (secondary N) is 2. The Balaban J connectivity index is 1.47. The van der Waals surface area contributed by atoms with Crippen molar-refractivity contribution >= 4 is 38.9 Å². The van der Waals surface area contributed by atoms with Gasteiger partial charge in [0.1, 0.15) is 5.75 Å². The molecule has 200 valence electrons. The second-order valence-electron chi connectivity index (χ2n) is 8.90. The van der Waals surface area contributed by atoms with Crippen LogP contribution in [-0.4, -0.2) is 26.8 Å². The number of anilines is 3. The number of benzene rings is 4. The molecular formula is C30H29N3O5S. The minimum atomic E-state index is -3.85. The lowest BCUT2D eigenvalue weighted by molar-refractivity contribution is -0.118. The summed E-state index contributed by atoms with van der Waals surface area (Å²) in [6.07, 6.45) is 0. The van der Waals surface area contributed by atoms with Gasteiger partial charge in [0.25, 0.3) is 15.9 Å². The van der Waals surface area contributed by atoms with Crippen molar-refractivity contribution in [2.24, 2.45) is 0 Å². The summed E-state index contributed by atoms with van der Waals surface area (Å²) in [4.78, 5) is 23.8. The molecule has 0 aliphatic rings. The Labute approximate surface area is 228 Å². The maximum absolute atomic E-state index is 13.6. The molecule has 2 N–H and O–H groups in total. The first kappa shape index (κ1) is 27.4. The highest BCUT2D eigenvalue weighted by Gasteiger charge is 2.25. The van der Waals surface area contributed by atoms with E-state index in [1.165, 1.54) is 11.2 Å². The lowest BCUT2D eigenvalue weighted by Crippen LogP contribution is -2.30. The van der Waals surface area contributed by atoms with Crippen LogP contribution in [0.1, 0.15) is 18.1 Å². The Morgan fingerprint density at radius 3 is 2.08 bits per heavy atom. The molecule has 0 fully saturated rings. The van der Waals surface area contributed by atoms with Crippen molar-refractivity contribution in [1.29, 1.82) is 0 Å². The van der Waals surface area contributed by atoms with Gasteiger partial charge in [-0.1, -0.05) is 54.1 Å². The molecule has 0 spiro atoms. The first-order valence-corrected chi connectivity index (χ1v) is 13.7. The zero-order valence-electron chi connectivity index (χ0n) is 21.6. The van der Waals surface area contributed by atoms with Crippen LogP contribution in [0.4, 0.5) is 17.1 Å². The van der Waals surface area contributed by atoms with Crippen LogP contribution in [0.5, 0.6) is 5.75 Å². The Morgan fingerprint density at radius 2 is 1.44 bits per heavy atom. The van der Waals surface area contributed by atoms with Crippen LogP contribution in [0.25, 0.3) is 0 Å². The third kappa shape index (κ3) is 7.45. The fraction of sp³-hybridized carbons (Fsp3) is 0.133. The van der Waals surface area contributed by atoms with Gasteiger partial charge in [-0.25, -0.2) is 8.42 Å². The molecule has 0 aromatic heterocycles. The average Bonchev–Trinajstić information content (AvgIpc) is 2.91. The first-order valence-electron chi connectivity index (χ1n) is 12.2. The molecule has 0 heterocycles. The molecule has 0 atom stereocenters. The fourth-order valence-corrected chi connectivity index (χ4v) is 5.29. The second kappa shape index (κ2) is 12.3. The van der Waals surface area contributed by atoms with Crippen molar-refractivity contribution in [2.75, 3.05) is 21.5 Å². The van der Waals surface area contributed by atoms with E-state index < -0.39 is 10.0 Å². The molecule has 39 heavy (non-hydrogen) atoms. The monoisotopic (exact) mass is 543 g/mol. The molecule has 4 rings (SSSR count). The van der Waals surface area contributed by atoms with Crippen LogP contribution < -0.4 is 19.7 Å². The van der Waals surface area contributed by atoms with Crippen LogP contribution in [0.3, 0.4) is 0 Å². The maximum Gasteiger partial charge on any atom is 0.264 e. The third-order valence-corrected chi connectivity index (χ3v) is 7.53. The van der Waals surface area contributed by atoms with Crippen molar-refractivity contribution < 1.29 is 22.7 Å². The summed E-state index contributed by atoms with van der Waals surface area (Å²) in [7, 11) is -3.85. The largest absolute Gasteiger partial charge is 0.484 e. The average molecular weight is 544 g/mol. The summed E-state index contributed by atoms with van der Waals surface area (Å²) in [5.41, 5.74) is 3.36. The summed E-state index contributed by atoms with van der Waals surface area (Å²) in [5.74, 6) is -0.181. The van der Waals surface area contributed by atoms with Crippen LogP contribution >= 0.6 is 0 Å². The number of carbonyl (C=O) groups is 2. The Morgan fingerprint density at radius 1 is 0.795 bits per heavy atom. The minimum absolute atomic E-state index is 0.150. The number of hydrogen-bond acceptors (Lipinski definition) is 5. The van der Waals surface area contributed by atoms with Crippen LogP contribution in [0.2, 0.25) is 0 Å². The predicted molar refractivity (Wildman–Crippen MR) is 152 cm³/mol. The number of sulfonamides is 1. The van der Waals surface area contributed by atoms with Crippen molar-refractivity contribution in [3.63, 3.8) is 0 Å². The molecule has 4 aromatic rings. The van der Waals surface area contributed by atoms with Gasteiger partial charge in [0.2, 0.25) is 5.91 Å². The van der Waals surface area contributed by atoms with Gasteiger partial charge in [-0.05, 0) is 67.1 Å². The smallest absolute Gasteiger partial charge is 0.264 e. The number of rotatable bonds is 10. The summed E-state index contributed by atoms with van der Waals surface area (Å²) in [6.45, 7) is 3.21. The van der Waals surface area contributed by atoms with Gasteiger partial charge in [0.15, 0.2) is 6.61 Å². The highest BCUT2D eigenvalue weighted by atomic mass is 32.2. The lowest BCUT2D eigenvalue weighted by atomic mass is 10.2. The molecule has 0 aliphatic heterocycles. The lowest BCUT2D eigenvalue weighted by Gasteiger charge is -2.25. The van der Waals surface area contributed by atoms with Gasteiger partial charge >= 0.3 is 0 Å². The van der Waals surface area contributed by atoms with Crippen molar-refractivity contribution in [1.82, 2.24) is 0 Å². The van der Waals surface area contributed by atoms with Crippen LogP contribution in [0, 0.1) is 6.92 Å². The van der Waals surface area contributed by atoms with Gasteiger partial charge in [0, 0.05) is 18.3 Å². The minimum Gasteiger partial charge on any atom is -0.484 e. The van der Waals surface area contributed by atoms with E-state index in [-0.39, 0.29) is 29.9 Å². The molecule has 0 saturated carbocycles. The number of ether oxygens (including phenoxy) is 1. The normalized spacial score (nSPS) is 10.9. The van der Waals surface area contributed by atoms with Crippen molar-refractivity contribution in [3.05, 3.63) is 114 Å². The van der Waals surface area contributed by atoms with Crippen molar-refractivity contribution in [3.8, 4) is 5.75 Å². The Kier molecular flexibility index (Phi) is 8.63. The van der Waals surface area contributed by atoms with E-state index in [1.54, 1.807) is 72.8 Å². The molecule has 0 saturated heterocycles. The predicted octanol–water partition coefficient (Wildman–Crippen LogP) is 5.37. The van der Waals surface area contributed by atoms with E-state index in [0.717, 1.165) is 11.1 Å². The standard InChI is InChI=1S/C30H29N3O5S/c1-22-11-17-29(18-12-22)39(36,37)33(20-24-7-4-3-5-8-24)27-13-15-28(16-14-27)38-21-30(35)32-26-10-6-9-25(19-26)31-23(2)34/h3-19H,20-21H2,1-2H3,(H,31,34)(H,32,35). The number of carbonyl (C=O) groups excluding carboxylic acids is 2. The number of aryl methyl sites for hydroxylation is 1. The molecule has 4 aromatic carbocycles. The maximum atomic E-state index is 13.6. The van der Waals surface area contributed by atoms with E-state index in [1.807, 2.05) is 37.3 Å². The second-order valence-corrected chi connectivity index (χ2v) is 10.8. The topological polar surface area (TPSA) is 105 Å². The fourth-order valence-electron chi connectivity index (χ4n) is 3.83. The molecule has 0 aliphatic carbocycles. The molecule has 2 amide bonds. The molecule has 0 unspecified atom stereocenters. The van der Waals surface area contributed by atoms with E-state index in [9.17, 15) is 18.0 Å². The molecule has 8 nitrogen and oxygen atoms in total. The van der Waals surface area contributed by atoms with E-state index in [2.05, 4.69) is 10.6 Å². The van der Waals surface area contributed by atoms with Crippen LogP contribution in [0.15, 0.2) is 108 Å². The molecule has 9 heteroatoms. The van der Waals surface area contributed by atoms with Crippen LogP contribution in [-0.2, 0) is 26.2 Å². The number of hydrogen-bond donors (Lipinski definition) is 2. The zero-order chi connectivity index (χ0) is 27.8. The Bertz CT molecular complexity index is 1540. The number of nitrogens with zero attached hydrogens (tertiary/aromatic N) is 1. The summed E-state index contributed by atoms with van der Waals surface area (Å²) >= 11 is 0. The van der Waals surface area contributed by atoms with Gasteiger partial charge in [-0.3, -0.25) is 13.9 Å². The molecular weight excluding hydrogens is 514 g/mol. The van der Waals surface area contributed by atoms with Gasteiger partial charge in [0.05, 0.1) is 17.1 Å². The highest BCUT2D eigenvalue weighted by molar-refractivity contribution is 7.92. The van der Waals surface area contributed by atoms with Crippen molar-refractivity contribution in [2.45, 2.75) is 25.3 Å². The zero-order valence-corrected chi connectivity index (χ0v) is 22.4. The van der Waals surface area contributed by atoms with Gasteiger partial charge in [-0.15, -0.1) is 0 Å². The Hall–Kier alpha value is -4.63. The van der Waals surface area contributed by atoms with E-state index >= 15 is 0 Å². The highest BCUT2D eigenvalue weighted by Crippen LogP contribution is 2.28. The third-order valence-electron chi connectivity index (χ3n) is 5.74. The van der Waals surface area contributed by atoms with E-state index in [0.29, 0.717) is 22.8 Å². The quantitative estimate of drug-likeness (QED) is 0.280. The van der Waals surface area contributed by atoms with E-state index in [4.69, 9.17) is 4.74 Å². The molecule has 0 bridgehead atoms. The number of amides is 2. The van der Waals surface area contributed by atoms with Gasteiger partial charge in [-0.2, -0.15) is 0 Å². The van der Waals surface area contributed by atoms with Gasteiger partial charge < -0.3 is 15.4 Å².